The van der Waals surface area contributed by atoms with Crippen LogP contribution < -0.4 is 15.4 Å². The minimum atomic E-state index is -0.323. The molecule has 3 aromatic heterocycles. The number of halogens is 1. The molecule has 174 valence electrons. The number of carbonyl (C=O) groups excluding carboxylic acids is 1. The number of aliphatic hydroxyl groups excluding tert-OH is 1. The van der Waals surface area contributed by atoms with Crippen LogP contribution in [-0.2, 0) is 19.7 Å². The van der Waals surface area contributed by atoms with Crippen LogP contribution in [0.2, 0.25) is 5.02 Å². The van der Waals surface area contributed by atoms with Crippen molar-refractivity contribution in [3.63, 3.8) is 0 Å². The molecule has 0 aliphatic heterocycles. The summed E-state index contributed by atoms with van der Waals surface area (Å²) in [5.74, 6) is 1.71. The highest BCUT2D eigenvalue weighted by Crippen LogP contribution is 2.26. The number of amides is 1. The third-order valence-corrected chi connectivity index (χ3v) is 5.37. The van der Waals surface area contributed by atoms with Gasteiger partial charge in [-0.1, -0.05) is 17.7 Å². The Morgan fingerprint density at radius 2 is 1.94 bits per heavy atom. The maximum atomic E-state index is 13.0. The number of aromatic nitrogens is 4. The monoisotopic (exact) mass is 478 g/mol. The molecule has 0 unspecified atom stereocenters. The predicted octanol–water partition coefficient (Wildman–Crippen LogP) is 3.36. The van der Waals surface area contributed by atoms with E-state index in [0.29, 0.717) is 46.0 Å². The molecule has 34 heavy (non-hydrogen) atoms. The topological polar surface area (TPSA) is 114 Å². The van der Waals surface area contributed by atoms with Crippen molar-refractivity contribution in [1.29, 1.82) is 0 Å². The summed E-state index contributed by atoms with van der Waals surface area (Å²) < 4.78 is 6.96. The van der Waals surface area contributed by atoms with Crippen molar-refractivity contribution >= 4 is 23.3 Å². The van der Waals surface area contributed by atoms with E-state index in [-0.39, 0.29) is 19.1 Å². The van der Waals surface area contributed by atoms with E-state index in [0.717, 1.165) is 5.56 Å². The number of rotatable bonds is 9. The van der Waals surface area contributed by atoms with E-state index < -0.39 is 0 Å². The van der Waals surface area contributed by atoms with Crippen LogP contribution in [0.5, 0.6) is 5.75 Å². The number of hydrogen-bond acceptors (Lipinski definition) is 7. The van der Waals surface area contributed by atoms with Gasteiger partial charge in [-0.15, -0.1) is 0 Å². The van der Waals surface area contributed by atoms with Crippen molar-refractivity contribution in [2.24, 2.45) is 0 Å². The molecule has 9 nitrogen and oxygen atoms in total. The molecule has 3 heterocycles. The predicted molar refractivity (Wildman–Crippen MR) is 128 cm³/mol. The van der Waals surface area contributed by atoms with E-state index in [1.165, 1.54) is 0 Å². The number of methoxy groups -OCH3 is 1. The van der Waals surface area contributed by atoms with Crippen LogP contribution in [0.1, 0.15) is 27.4 Å². The Labute approximate surface area is 201 Å². The molecule has 0 saturated carbocycles. The number of benzene rings is 1. The van der Waals surface area contributed by atoms with E-state index in [1.54, 1.807) is 66.7 Å². The lowest BCUT2D eigenvalue weighted by Gasteiger charge is -2.15. The Balaban J connectivity index is 1.60. The average Bonchev–Trinajstić information content (AvgIpc) is 3.35. The SMILES string of the molecule is COc1ccc(CNc2nc(-n3cccc3CO)ccc2C(=O)NCc2ncccn2)cc1Cl. The lowest BCUT2D eigenvalue weighted by atomic mass is 10.2. The van der Waals surface area contributed by atoms with Crippen LogP contribution in [0.25, 0.3) is 5.82 Å². The molecule has 0 fully saturated rings. The molecule has 4 aromatic rings. The lowest BCUT2D eigenvalue weighted by molar-refractivity contribution is 0.0950. The second-order valence-corrected chi connectivity index (χ2v) is 7.67. The second kappa shape index (κ2) is 10.8. The first-order chi connectivity index (χ1) is 16.6. The van der Waals surface area contributed by atoms with E-state index in [1.807, 2.05) is 12.1 Å². The van der Waals surface area contributed by atoms with Gasteiger partial charge in [0.05, 0.1) is 30.8 Å². The van der Waals surface area contributed by atoms with Gasteiger partial charge in [0.25, 0.3) is 5.91 Å². The van der Waals surface area contributed by atoms with Crippen LogP contribution in [-0.4, -0.2) is 37.6 Å². The van der Waals surface area contributed by atoms with E-state index in [2.05, 4.69) is 25.6 Å². The first kappa shape index (κ1) is 23.2. The van der Waals surface area contributed by atoms with E-state index in [4.69, 9.17) is 16.3 Å². The van der Waals surface area contributed by atoms with E-state index in [9.17, 15) is 9.90 Å². The normalized spacial score (nSPS) is 10.7. The van der Waals surface area contributed by atoms with Crippen LogP contribution >= 0.6 is 11.6 Å². The Morgan fingerprint density at radius 3 is 2.68 bits per heavy atom. The van der Waals surface area contributed by atoms with Crippen molar-refractivity contribution in [3.05, 3.63) is 94.8 Å². The molecule has 0 saturated heterocycles. The molecule has 0 radical (unpaired) electrons. The van der Waals surface area contributed by atoms with Crippen LogP contribution in [0.15, 0.2) is 67.1 Å². The highest BCUT2D eigenvalue weighted by Gasteiger charge is 2.16. The van der Waals surface area contributed by atoms with Gasteiger partial charge in [-0.05, 0) is 48.0 Å². The van der Waals surface area contributed by atoms with Crippen molar-refractivity contribution in [3.8, 4) is 11.6 Å². The van der Waals surface area contributed by atoms with Gasteiger partial charge in [0, 0.05) is 30.8 Å². The maximum absolute atomic E-state index is 13.0. The molecular formula is C24H23ClN6O3. The van der Waals surface area contributed by atoms with Gasteiger partial charge < -0.3 is 25.0 Å². The summed E-state index contributed by atoms with van der Waals surface area (Å²) in [4.78, 5) is 25.9. The fraction of sp³-hybridized carbons (Fsp3) is 0.167. The van der Waals surface area contributed by atoms with Crippen LogP contribution in [0, 0.1) is 0 Å². The first-order valence-electron chi connectivity index (χ1n) is 10.5. The molecule has 0 atom stereocenters. The molecule has 0 spiro atoms. The molecule has 0 aliphatic rings. The quantitative estimate of drug-likeness (QED) is 0.338. The number of carbonyl (C=O) groups is 1. The van der Waals surface area contributed by atoms with Gasteiger partial charge in [0.1, 0.15) is 23.2 Å². The Kier molecular flexibility index (Phi) is 7.36. The molecule has 3 N–H and O–H groups in total. The number of nitrogens with zero attached hydrogens (tertiary/aromatic N) is 4. The maximum Gasteiger partial charge on any atom is 0.255 e. The van der Waals surface area contributed by atoms with Gasteiger partial charge >= 0.3 is 0 Å². The summed E-state index contributed by atoms with van der Waals surface area (Å²) in [6.07, 6.45) is 5.04. The number of pyridine rings is 1. The molecule has 4 rings (SSSR count). The summed E-state index contributed by atoms with van der Waals surface area (Å²) in [5, 5.41) is 16.2. The number of anilines is 1. The number of aliphatic hydroxyl groups is 1. The van der Waals surface area contributed by atoms with Crippen LogP contribution in [0.3, 0.4) is 0 Å². The van der Waals surface area contributed by atoms with Crippen molar-refractivity contribution in [2.75, 3.05) is 12.4 Å². The molecular weight excluding hydrogens is 456 g/mol. The Morgan fingerprint density at radius 1 is 1.12 bits per heavy atom. The van der Waals surface area contributed by atoms with Gasteiger partial charge in [0.15, 0.2) is 0 Å². The molecule has 1 amide bonds. The zero-order valence-electron chi connectivity index (χ0n) is 18.4. The Hall–Kier alpha value is -3.95. The summed E-state index contributed by atoms with van der Waals surface area (Å²) >= 11 is 6.25. The summed E-state index contributed by atoms with van der Waals surface area (Å²) in [7, 11) is 1.56. The summed E-state index contributed by atoms with van der Waals surface area (Å²) in [6, 6.07) is 14.2. The van der Waals surface area contributed by atoms with Crippen LogP contribution in [0.4, 0.5) is 5.82 Å². The zero-order valence-corrected chi connectivity index (χ0v) is 19.2. The van der Waals surface area contributed by atoms with Gasteiger partial charge in [-0.25, -0.2) is 15.0 Å². The minimum Gasteiger partial charge on any atom is -0.495 e. The highest BCUT2D eigenvalue weighted by atomic mass is 35.5. The molecule has 10 heteroatoms. The third kappa shape index (κ3) is 5.33. The first-order valence-corrected chi connectivity index (χ1v) is 10.9. The van der Waals surface area contributed by atoms with Crippen molar-refractivity contribution in [1.82, 2.24) is 24.8 Å². The number of hydrogen-bond donors (Lipinski definition) is 3. The number of ether oxygens (including phenoxy) is 1. The minimum absolute atomic E-state index is 0.138. The van der Waals surface area contributed by atoms with Crippen molar-refractivity contribution in [2.45, 2.75) is 19.7 Å². The summed E-state index contributed by atoms with van der Waals surface area (Å²) in [6.45, 7) is 0.420. The molecule has 0 bridgehead atoms. The number of nitrogens with one attached hydrogen (secondary N) is 2. The van der Waals surface area contributed by atoms with Crippen molar-refractivity contribution < 1.29 is 14.6 Å². The third-order valence-electron chi connectivity index (χ3n) is 5.07. The molecule has 0 aliphatic carbocycles. The fourth-order valence-electron chi connectivity index (χ4n) is 3.35. The van der Waals surface area contributed by atoms with Gasteiger partial charge in [-0.3, -0.25) is 4.79 Å². The fourth-order valence-corrected chi connectivity index (χ4v) is 3.63. The van der Waals surface area contributed by atoms with Gasteiger partial charge in [0.2, 0.25) is 0 Å². The Bertz CT molecular complexity index is 1280. The lowest BCUT2D eigenvalue weighted by Crippen LogP contribution is -2.25. The second-order valence-electron chi connectivity index (χ2n) is 7.26. The molecule has 1 aromatic carbocycles. The average molecular weight is 479 g/mol. The smallest absolute Gasteiger partial charge is 0.255 e. The largest absolute Gasteiger partial charge is 0.495 e. The standard InChI is InChI=1S/C24H23ClN6O3/c1-34-20-7-5-16(12-19(20)25)13-28-23-18(24(33)29-14-21-26-9-3-10-27-21)6-8-22(30-23)31-11-2-4-17(31)15-32/h2-12,32H,13-15H2,1H3,(H,28,30)(H,29,33). The zero-order chi connectivity index (χ0) is 23.9. The van der Waals surface area contributed by atoms with E-state index >= 15 is 0 Å². The summed E-state index contributed by atoms with van der Waals surface area (Å²) in [5.41, 5.74) is 1.93. The van der Waals surface area contributed by atoms with Gasteiger partial charge in [-0.2, -0.15) is 0 Å². The highest BCUT2D eigenvalue weighted by molar-refractivity contribution is 6.32.